The van der Waals surface area contributed by atoms with Crippen molar-refractivity contribution in [2.24, 2.45) is 0 Å². The number of aromatic nitrogens is 2. The molecular weight excluding hydrogens is 382 g/mol. The molecule has 24 heavy (non-hydrogen) atoms. The van der Waals surface area contributed by atoms with Crippen LogP contribution >= 0.6 is 0 Å². The Bertz CT molecular complexity index is 727. The van der Waals surface area contributed by atoms with E-state index in [0.29, 0.717) is 17.1 Å². The predicted octanol–water partition coefficient (Wildman–Crippen LogP) is -2.12. The van der Waals surface area contributed by atoms with Crippen LogP contribution in [0, 0.1) is 17.0 Å². The van der Waals surface area contributed by atoms with E-state index in [4.69, 9.17) is 9.84 Å². The Labute approximate surface area is 149 Å². The molecule has 0 fully saturated rings. The zero-order valence-corrected chi connectivity index (χ0v) is 14.9. The number of aliphatic hydroxyl groups excluding tert-OH is 1. The molecule has 130 valence electrons. The van der Waals surface area contributed by atoms with Gasteiger partial charge in [0, 0.05) is 12.5 Å². The van der Waals surface area contributed by atoms with Crippen LogP contribution in [0.25, 0.3) is 0 Å². The number of hydrogen-bond donors (Lipinski definition) is 1. The summed E-state index contributed by atoms with van der Waals surface area (Å²) in [5, 5.41) is 20.1. The smallest absolute Gasteiger partial charge is 0.365 e. The Hall–Kier alpha value is -2.26. The highest BCUT2D eigenvalue weighted by molar-refractivity contribution is 5.95. The van der Waals surface area contributed by atoms with Gasteiger partial charge in [-0.15, -0.1) is 0 Å². The van der Waals surface area contributed by atoms with E-state index in [1.807, 2.05) is 0 Å². The molecule has 0 saturated carbocycles. The standard InChI is InChI=1S/C15H18N3O5.BrH/c1-11-16(10-15(18(21)22)17(11)7-8-19)9-14(20)12-3-5-13(23-2)6-4-12;/h3-6,10,19H,7-9H2,1-2H3;1H/q+1;/p-1. The topological polar surface area (TPSA) is 98.5 Å². The number of aliphatic hydroxyl groups is 1. The van der Waals surface area contributed by atoms with Crippen LogP contribution < -0.4 is 26.3 Å². The summed E-state index contributed by atoms with van der Waals surface area (Å²) in [6.07, 6.45) is 1.31. The van der Waals surface area contributed by atoms with Gasteiger partial charge >= 0.3 is 5.82 Å². The van der Waals surface area contributed by atoms with Gasteiger partial charge in [-0.25, -0.2) is 4.57 Å². The van der Waals surface area contributed by atoms with Gasteiger partial charge in [0.05, 0.1) is 13.7 Å². The summed E-state index contributed by atoms with van der Waals surface area (Å²) in [6, 6.07) is 6.67. The quantitative estimate of drug-likeness (QED) is 0.248. The summed E-state index contributed by atoms with van der Waals surface area (Å²) < 4.78 is 7.93. The van der Waals surface area contributed by atoms with E-state index in [1.54, 1.807) is 38.3 Å². The first-order valence-corrected chi connectivity index (χ1v) is 7.00. The van der Waals surface area contributed by atoms with E-state index in [9.17, 15) is 14.9 Å². The van der Waals surface area contributed by atoms with Crippen LogP contribution in [0.3, 0.4) is 0 Å². The number of methoxy groups -OCH3 is 1. The molecule has 0 bridgehead atoms. The highest BCUT2D eigenvalue weighted by Gasteiger charge is 2.25. The molecule has 2 aromatic rings. The largest absolute Gasteiger partial charge is 1.00 e. The van der Waals surface area contributed by atoms with Gasteiger partial charge in [0.15, 0.2) is 12.7 Å². The number of hydrogen-bond acceptors (Lipinski definition) is 5. The summed E-state index contributed by atoms with van der Waals surface area (Å²) in [7, 11) is 1.54. The fourth-order valence-corrected chi connectivity index (χ4v) is 2.33. The minimum absolute atomic E-state index is 0. The van der Waals surface area contributed by atoms with Crippen molar-refractivity contribution < 1.29 is 41.1 Å². The monoisotopic (exact) mass is 399 g/mol. The zero-order valence-electron chi connectivity index (χ0n) is 13.3. The van der Waals surface area contributed by atoms with Crippen molar-refractivity contribution in [1.29, 1.82) is 0 Å². The van der Waals surface area contributed by atoms with Crippen LogP contribution in [0.2, 0.25) is 0 Å². The van der Waals surface area contributed by atoms with E-state index < -0.39 is 4.92 Å². The third-order valence-electron chi connectivity index (χ3n) is 3.59. The van der Waals surface area contributed by atoms with Crippen LogP contribution in [0.15, 0.2) is 30.5 Å². The summed E-state index contributed by atoms with van der Waals surface area (Å²) >= 11 is 0. The molecule has 9 heteroatoms. The van der Waals surface area contributed by atoms with Crippen LogP contribution in [0.5, 0.6) is 5.75 Å². The Balaban J connectivity index is 0.00000288. The van der Waals surface area contributed by atoms with E-state index in [-0.39, 0.29) is 48.3 Å². The van der Waals surface area contributed by atoms with Gasteiger partial charge in [0.25, 0.3) is 5.82 Å². The Morgan fingerprint density at radius 2 is 2.00 bits per heavy atom. The molecule has 0 aliphatic heterocycles. The zero-order chi connectivity index (χ0) is 17.0. The number of nitro groups is 1. The Morgan fingerprint density at radius 1 is 1.38 bits per heavy atom. The molecule has 0 aliphatic carbocycles. The number of carbonyl (C=O) groups is 1. The number of benzene rings is 1. The van der Waals surface area contributed by atoms with Crippen molar-refractivity contribution in [2.45, 2.75) is 20.0 Å². The molecule has 1 aromatic carbocycles. The lowest BCUT2D eigenvalue weighted by atomic mass is 10.1. The molecule has 2 rings (SSSR count). The molecule has 8 nitrogen and oxygen atoms in total. The molecule has 0 spiro atoms. The van der Waals surface area contributed by atoms with Crippen molar-refractivity contribution in [3.05, 3.63) is 52.0 Å². The highest BCUT2D eigenvalue weighted by atomic mass is 79.9. The summed E-state index contributed by atoms with van der Waals surface area (Å²) in [5.41, 5.74) is 0.496. The summed E-state index contributed by atoms with van der Waals surface area (Å²) in [4.78, 5) is 22.9. The number of halogens is 1. The molecule has 0 amide bonds. The number of rotatable bonds is 7. The van der Waals surface area contributed by atoms with Gasteiger partial charge in [-0.3, -0.25) is 4.79 Å². The third-order valence-corrected chi connectivity index (χ3v) is 3.59. The van der Waals surface area contributed by atoms with Gasteiger partial charge in [0.2, 0.25) is 5.78 Å². The number of ketones is 1. The molecule has 1 aromatic heterocycles. The van der Waals surface area contributed by atoms with Crippen molar-refractivity contribution in [2.75, 3.05) is 13.7 Å². The SMILES string of the molecule is COc1ccc(C(=O)C[n+]2cc([N+](=O)[O-])n(CCO)c2C)cc1.[Br-]. The molecule has 0 saturated heterocycles. The van der Waals surface area contributed by atoms with Gasteiger partial charge in [-0.05, 0) is 29.2 Å². The maximum Gasteiger partial charge on any atom is 0.365 e. The number of nitrogens with zero attached hydrogens (tertiary/aromatic N) is 3. The van der Waals surface area contributed by atoms with Crippen LogP contribution in [-0.4, -0.2) is 34.1 Å². The van der Waals surface area contributed by atoms with Gasteiger partial charge in [0.1, 0.15) is 12.3 Å². The maximum atomic E-state index is 12.3. The number of imidazole rings is 1. The molecule has 1 heterocycles. The first-order valence-electron chi connectivity index (χ1n) is 7.00. The van der Waals surface area contributed by atoms with E-state index in [0.717, 1.165) is 0 Å². The van der Waals surface area contributed by atoms with E-state index >= 15 is 0 Å². The van der Waals surface area contributed by atoms with Crippen LogP contribution in [0.4, 0.5) is 5.82 Å². The fourth-order valence-electron chi connectivity index (χ4n) is 2.33. The molecule has 0 aliphatic rings. The Morgan fingerprint density at radius 3 is 2.50 bits per heavy atom. The predicted molar refractivity (Wildman–Crippen MR) is 80.4 cm³/mol. The lowest BCUT2D eigenvalue weighted by molar-refractivity contribution is -0.689. The molecule has 0 radical (unpaired) electrons. The molecular formula is C15H18BrN3O5. The third kappa shape index (κ3) is 4.18. The molecule has 1 N–H and O–H groups in total. The number of ether oxygens (including phenoxy) is 1. The second-order valence-corrected chi connectivity index (χ2v) is 4.95. The molecule has 0 unspecified atom stereocenters. The highest BCUT2D eigenvalue weighted by Crippen LogP contribution is 2.14. The maximum absolute atomic E-state index is 12.3. The first-order chi connectivity index (χ1) is 11.0. The fraction of sp³-hybridized carbons (Fsp3) is 0.333. The van der Waals surface area contributed by atoms with Gasteiger partial charge in [-0.1, -0.05) is 0 Å². The summed E-state index contributed by atoms with van der Waals surface area (Å²) in [6.45, 7) is 1.54. The van der Waals surface area contributed by atoms with Crippen molar-refractivity contribution in [1.82, 2.24) is 4.57 Å². The normalized spacial score (nSPS) is 10.1. The van der Waals surface area contributed by atoms with Gasteiger partial charge in [-0.2, -0.15) is 4.57 Å². The minimum atomic E-state index is -0.531. The first kappa shape index (κ1) is 19.8. The minimum Gasteiger partial charge on any atom is -1.00 e. The lowest BCUT2D eigenvalue weighted by Gasteiger charge is -2.02. The van der Waals surface area contributed by atoms with Gasteiger partial charge < -0.3 is 36.9 Å². The van der Waals surface area contributed by atoms with Crippen LogP contribution in [-0.2, 0) is 13.1 Å². The second kappa shape index (κ2) is 8.55. The average molecular weight is 400 g/mol. The van der Waals surface area contributed by atoms with Crippen molar-refractivity contribution in [3.63, 3.8) is 0 Å². The lowest BCUT2D eigenvalue weighted by Crippen LogP contribution is -3.00. The van der Waals surface area contributed by atoms with Crippen molar-refractivity contribution in [3.8, 4) is 5.75 Å². The number of carbonyl (C=O) groups excluding carboxylic acids is 1. The van der Waals surface area contributed by atoms with E-state index in [1.165, 1.54) is 15.3 Å². The van der Waals surface area contributed by atoms with E-state index in [2.05, 4.69) is 0 Å². The Kier molecular flexibility index (Phi) is 7.05. The molecule has 0 atom stereocenters. The average Bonchev–Trinajstić information content (AvgIpc) is 2.85. The second-order valence-electron chi connectivity index (χ2n) is 4.95. The number of Topliss-reactive ketones (excluding diaryl/α,β-unsaturated/α-hetero) is 1. The summed E-state index contributed by atoms with van der Waals surface area (Å²) in [5.74, 6) is 0.860. The van der Waals surface area contributed by atoms with Crippen molar-refractivity contribution >= 4 is 11.6 Å². The van der Waals surface area contributed by atoms with Crippen LogP contribution in [0.1, 0.15) is 16.2 Å².